The number of fused-ring (bicyclic) bond motifs is 1. The fourth-order valence-corrected chi connectivity index (χ4v) is 3.84. The normalized spacial score (nSPS) is 17.9. The van der Waals surface area contributed by atoms with E-state index in [0.717, 1.165) is 37.3 Å². The zero-order valence-electron chi connectivity index (χ0n) is 15.4. The van der Waals surface area contributed by atoms with Crippen LogP contribution in [0, 0.1) is 0 Å². The van der Waals surface area contributed by atoms with Gasteiger partial charge in [-0.1, -0.05) is 30.7 Å². The molecule has 1 atom stereocenters. The van der Waals surface area contributed by atoms with E-state index < -0.39 is 0 Å². The molecular weight excluding hydrogens is 338 g/mol. The summed E-state index contributed by atoms with van der Waals surface area (Å²) in [6.07, 6.45) is 7.14. The molecule has 6 nitrogen and oxygen atoms in total. The van der Waals surface area contributed by atoms with Gasteiger partial charge in [0.1, 0.15) is 5.82 Å². The van der Waals surface area contributed by atoms with Gasteiger partial charge in [0.05, 0.1) is 6.54 Å². The number of anilines is 1. The Kier molecular flexibility index (Phi) is 5.44. The molecule has 0 spiro atoms. The fraction of sp³-hybridized carbons (Fsp3) is 0.381. The van der Waals surface area contributed by atoms with Crippen LogP contribution in [-0.2, 0) is 6.54 Å². The second-order valence-electron chi connectivity index (χ2n) is 7.03. The zero-order valence-corrected chi connectivity index (χ0v) is 15.4. The molecule has 140 valence electrons. The molecule has 0 saturated carbocycles. The first kappa shape index (κ1) is 17.7. The van der Waals surface area contributed by atoms with Crippen molar-refractivity contribution in [1.82, 2.24) is 19.7 Å². The van der Waals surface area contributed by atoms with Crippen molar-refractivity contribution < 1.29 is 0 Å². The van der Waals surface area contributed by atoms with Crippen LogP contribution in [0.5, 0.6) is 0 Å². The number of likely N-dealkylation sites (tertiary alicyclic amines) is 1. The third kappa shape index (κ3) is 4.17. The van der Waals surface area contributed by atoms with E-state index >= 15 is 0 Å². The third-order valence-corrected chi connectivity index (χ3v) is 5.31. The van der Waals surface area contributed by atoms with Crippen molar-refractivity contribution in [3.05, 3.63) is 65.2 Å². The average molecular weight is 363 g/mol. The summed E-state index contributed by atoms with van der Waals surface area (Å²) in [5, 5.41) is 10.1. The van der Waals surface area contributed by atoms with E-state index in [0.29, 0.717) is 12.6 Å². The minimum absolute atomic E-state index is 0.0378. The quantitative estimate of drug-likeness (QED) is 0.730. The summed E-state index contributed by atoms with van der Waals surface area (Å²) in [4.78, 5) is 18.9. The molecule has 1 fully saturated rings. The molecule has 1 unspecified atom stereocenters. The van der Waals surface area contributed by atoms with Gasteiger partial charge in [0.15, 0.2) is 0 Å². The lowest BCUT2D eigenvalue weighted by atomic mass is 10.0. The molecule has 3 heterocycles. The molecule has 0 amide bonds. The SMILES string of the molecule is O=c1cccnn1CCN1CCCCC1CNc1nccc2ccccc12. The van der Waals surface area contributed by atoms with Crippen molar-refractivity contribution in [2.75, 3.05) is 25.0 Å². The van der Waals surface area contributed by atoms with Crippen molar-refractivity contribution >= 4 is 16.6 Å². The zero-order chi connectivity index (χ0) is 18.5. The molecule has 2 aromatic heterocycles. The second-order valence-corrected chi connectivity index (χ2v) is 7.03. The van der Waals surface area contributed by atoms with E-state index in [1.54, 1.807) is 23.0 Å². The highest BCUT2D eigenvalue weighted by molar-refractivity contribution is 5.91. The topological polar surface area (TPSA) is 63.1 Å². The number of hydrogen-bond donors (Lipinski definition) is 1. The predicted octanol–water partition coefficient (Wildman–Crippen LogP) is 2.76. The molecule has 1 aliphatic rings. The Bertz CT molecular complexity index is 949. The standard InChI is InChI=1S/C21H25N5O/c27-20-9-5-11-24-26(20)15-14-25-13-4-3-7-18(25)16-23-21-19-8-2-1-6-17(19)10-12-22-21/h1-2,5-6,8-12,18H,3-4,7,13-16H2,(H,22,23). The van der Waals surface area contributed by atoms with Crippen molar-refractivity contribution in [3.63, 3.8) is 0 Å². The molecule has 1 N–H and O–H groups in total. The highest BCUT2D eigenvalue weighted by Crippen LogP contribution is 2.22. The molecule has 0 aliphatic carbocycles. The smallest absolute Gasteiger partial charge is 0.266 e. The van der Waals surface area contributed by atoms with E-state index in [-0.39, 0.29) is 5.56 Å². The molecule has 27 heavy (non-hydrogen) atoms. The van der Waals surface area contributed by atoms with Crippen LogP contribution < -0.4 is 10.9 Å². The summed E-state index contributed by atoms with van der Waals surface area (Å²) >= 11 is 0. The Morgan fingerprint density at radius 2 is 1.96 bits per heavy atom. The number of nitrogens with zero attached hydrogens (tertiary/aromatic N) is 4. The maximum absolute atomic E-state index is 11.9. The van der Waals surface area contributed by atoms with Crippen LogP contribution >= 0.6 is 0 Å². The first-order valence-corrected chi connectivity index (χ1v) is 9.65. The lowest BCUT2D eigenvalue weighted by Crippen LogP contribution is -2.45. The molecule has 1 saturated heterocycles. The van der Waals surface area contributed by atoms with Crippen LogP contribution in [0.25, 0.3) is 10.8 Å². The van der Waals surface area contributed by atoms with Gasteiger partial charge >= 0.3 is 0 Å². The van der Waals surface area contributed by atoms with E-state index in [9.17, 15) is 4.79 Å². The van der Waals surface area contributed by atoms with Gasteiger partial charge in [0.2, 0.25) is 0 Å². The summed E-state index contributed by atoms with van der Waals surface area (Å²) in [6, 6.07) is 14.0. The Balaban J connectivity index is 1.42. The second kappa shape index (κ2) is 8.31. The van der Waals surface area contributed by atoms with Gasteiger partial charge < -0.3 is 5.32 Å². The van der Waals surface area contributed by atoms with E-state index in [1.165, 1.54) is 18.2 Å². The first-order chi connectivity index (χ1) is 13.3. The number of rotatable bonds is 6. The minimum Gasteiger partial charge on any atom is -0.368 e. The fourth-order valence-electron chi connectivity index (χ4n) is 3.84. The van der Waals surface area contributed by atoms with Gasteiger partial charge in [0, 0.05) is 43.0 Å². The molecule has 0 radical (unpaired) electrons. The molecule has 3 aromatic rings. The monoisotopic (exact) mass is 363 g/mol. The maximum atomic E-state index is 11.9. The van der Waals surface area contributed by atoms with Crippen molar-refractivity contribution in [3.8, 4) is 0 Å². The highest BCUT2D eigenvalue weighted by atomic mass is 16.1. The van der Waals surface area contributed by atoms with Gasteiger partial charge in [-0.25, -0.2) is 9.67 Å². The first-order valence-electron chi connectivity index (χ1n) is 9.65. The Labute approximate surface area is 158 Å². The van der Waals surface area contributed by atoms with Crippen LogP contribution in [0.1, 0.15) is 19.3 Å². The lowest BCUT2D eigenvalue weighted by molar-refractivity contribution is 0.148. The number of piperidine rings is 1. The van der Waals surface area contributed by atoms with Crippen LogP contribution in [0.2, 0.25) is 0 Å². The van der Waals surface area contributed by atoms with Crippen LogP contribution in [-0.4, -0.2) is 45.3 Å². The number of hydrogen-bond acceptors (Lipinski definition) is 5. The predicted molar refractivity (Wildman–Crippen MR) is 108 cm³/mol. The highest BCUT2D eigenvalue weighted by Gasteiger charge is 2.22. The Hall–Kier alpha value is -2.73. The largest absolute Gasteiger partial charge is 0.368 e. The number of nitrogens with one attached hydrogen (secondary N) is 1. The molecule has 4 rings (SSSR count). The van der Waals surface area contributed by atoms with Crippen molar-refractivity contribution in [2.24, 2.45) is 0 Å². The molecule has 6 heteroatoms. The van der Waals surface area contributed by atoms with E-state index in [2.05, 4.69) is 38.5 Å². The van der Waals surface area contributed by atoms with E-state index in [4.69, 9.17) is 0 Å². The number of aromatic nitrogens is 3. The Morgan fingerprint density at radius 3 is 2.89 bits per heavy atom. The summed E-state index contributed by atoms with van der Waals surface area (Å²) in [6.45, 7) is 3.39. The minimum atomic E-state index is -0.0378. The van der Waals surface area contributed by atoms with Gasteiger partial charge in [-0.05, 0) is 36.9 Å². The summed E-state index contributed by atoms with van der Waals surface area (Å²) < 4.78 is 1.55. The molecule has 1 aromatic carbocycles. The van der Waals surface area contributed by atoms with Crippen LogP contribution in [0.4, 0.5) is 5.82 Å². The molecule has 1 aliphatic heterocycles. The van der Waals surface area contributed by atoms with Gasteiger partial charge in [-0.15, -0.1) is 0 Å². The van der Waals surface area contributed by atoms with Gasteiger partial charge in [-0.2, -0.15) is 5.10 Å². The van der Waals surface area contributed by atoms with Gasteiger partial charge in [0.25, 0.3) is 5.56 Å². The average Bonchev–Trinajstić information content (AvgIpc) is 2.72. The lowest BCUT2D eigenvalue weighted by Gasteiger charge is -2.36. The summed E-state index contributed by atoms with van der Waals surface area (Å²) in [5.74, 6) is 0.944. The van der Waals surface area contributed by atoms with Gasteiger partial charge in [-0.3, -0.25) is 9.69 Å². The van der Waals surface area contributed by atoms with Crippen LogP contribution in [0.15, 0.2) is 59.7 Å². The molecule has 0 bridgehead atoms. The summed E-state index contributed by atoms with van der Waals surface area (Å²) in [7, 11) is 0. The Morgan fingerprint density at radius 1 is 1.04 bits per heavy atom. The molecular formula is C21H25N5O. The van der Waals surface area contributed by atoms with Crippen molar-refractivity contribution in [2.45, 2.75) is 31.8 Å². The third-order valence-electron chi connectivity index (χ3n) is 5.31. The maximum Gasteiger partial charge on any atom is 0.266 e. The number of benzene rings is 1. The van der Waals surface area contributed by atoms with E-state index in [1.807, 2.05) is 18.3 Å². The summed E-state index contributed by atoms with van der Waals surface area (Å²) in [5.41, 5.74) is -0.0378. The van der Waals surface area contributed by atoms with Crippen molar-refractivity contribution in [1.29, 1.82) is 0 Å². The van der Waals surface area contributed by atoms with Crippen LogP contribution in [0.3, 0.4) is 0 Å². The number of pyridine rings is 1.